The van der Waals surface area contributed by atoms with Gasteiger partial charge in [0.25, 0.3) is 5.91 Å². The fourth-order valence-electron chi connectivity index (χ4n) is 3.58. The van der Waals surface area contributed by atoms with Crippen LogP contribution in [0.3, 0.4) is 0 Å². The van der Waals surface area contributed by atoms with E-state index in [0.717, 1.165) is 37.0 Å². The molecule has 0 aliphatic carbocycles. The molecule has 2 aromatic carbocycles. The maximum absolute atomic E-state index is 12.9. The van der Waals surface area contributed by atoms with Crippen molar-refractivity contribution >= 4 is 15.9 Å². The molecular weight excluding hydrogens is 388 g/mol. The summed E-state index contributed by atoms with van der Waals surface area (Å²) in [6, 6.07) is 13.8. The van der Waals surface area contributed by atoms with Crippen LogP contribution in [0, 0.1) is 0 Å². The summed E-state index contributed by atoms with van der Waals surface area (Å²) in [4.78, 5) is 14.6. The molecule has 6 nitrogen and oxygen atoms in total. The average molecular weight is 417 g/mol. The van der Waals surface area contributed by atoms with Crippen molar-refractivity contribution in [2.45, 2.75) is 37.1 Å². The van der Waals surface area contributed by atoms with Crippen LogP contribution in [0.4, 0.5) is 0 Å². The number of sulfonamides is 1. The zero-order valence-corrected chi connectivity index (χ0v) is 17.8. The molecule has 1 fully saturated rings. The quantitative estimate of drug-likeness (QED) is 0.723. The first kappa shape index (κ1) is 21.3. The van der Waals surface area contributed by atoms with Gasteiger partial charge in [-0.15, -0.1) is 0 Å². The largest absolute Gasteiger partial charge is 0.496 e. The molecule has 1 heterocycles. The second-order valence-corrected chi connectivity index (χ2v) is 9.25. The molecule has 0 unspecified atom stereocenters. The second kappa shape index (κ2) is 9.41. The zero-order chi connectivity index (χ0) is 20.9. The lowest BCUT2D eigenvalue weighted by molar-refractivity contribution is 0.0784. The van der Waals surface area contributed by atoms with Gasteiger partial charge in [-0.25, -0.2) is 8.42 Å². The number of hydrogen-bond donors (Lipinski definition) is 0. The maximum Gasteiger partial charge on any atom is 0.253 e. The van der Waals surface area contributed by atoms with Crippen molar-refractivity contribution in [2.75, 3.05) is 27.2 Å². The fraction of sp³-hybridized carbons (Fsp3) is 0.409. The SMILES string of the molecule is COc1ccccc1CN(C)C(=O)c1ccc(S(=O)(=O)N2CCCCCC2)cc1. The number of rotatable bonds is 6. The summed E-state index contributed by atoms with van der Waals surface area (Å²) in [5.41, 5.74) is 1.36. The number of nitrogens with zero attached hydrogens (tertiary/aromatic N) is 2. The van der Waals surface area contributed by atoms with Crippen molar-refractivity contribution in [3.05, 3.63) is 59.7 Å². The van der Waals surface area contributed by atoms with E-state index in [1.165, 1.54) is 12.1 Å². The maximum atomic E-state index is 12.9. The molecule has 29 heavy (non-hydrogen) atoms. The van der Waals surface area contributed by atoms with Crippen molar-refractivity contribution in [1.82, 2.24) is 9.21 Å². The molecule has 0 saturated carbocycles. The van der Waals surface area contributed by atoms with Crippen LogP contribution in [0.2, 0.25) is 0 Å². The van der Waals surface area contributed by atoms with Crippen LogP contribution >= 0.6 is 0 Å². The molecule has 2 aromatic rings. The molecular formula is C22H28N2O4S. The van der Waals surface area contributed by atoms with Gasteiger partial charge in [-0.05, 0) is 43.2 Å². The third-order valence-corrected chi connectivity index (χ3v) is 7.16. The Morgan fingerprint density at radius 1 is 1.00 bits per heavy atom. The van der Waals surface area contributed by atoms with Gasteiger partial charge in [-0.2, -0.15) is 4.31 Å². The standard InChI is InChI=1S/C22H28N2O4S/c1-23(17-19-9-5-6-10-21(19)28-2)22(25)18-11-13-20(14-12-18)29(26,27)24-15-7-3-4-8-16-24/h5-6,9-14H,3-4,7-8,15-17H2,1-2H3. The Hall–Kier alpha value is -2.38. The Labute approximate surface area is 173 Å². The van der Waals surface area contributed by atoms with Gasteiger partial charge < -0.3 is 9.64 Å². The number of ether oxygens (including phenoxy) is 1. The summed E-state index contributed by atoms with van der Waals surface area (Å²) >= 11 is 0. The molecule has 1 aliphatic rings. The normalized spacial score (nSPS) is 15.5. The Balaban J connectivity index is 1.72. The number of amides is 1. The van der Waals surface area contributed by atoms with Crippen LogP contribution in [0.1, 0.15) is 41.6 Å². The monoisotopic (exact) mass is 416 g/mol. The second-order valence-electron chi connectivity index (χ2n) is 7.32. The number of carbonyl (C=O) groups is 1. The minimum absolute atomic E-state index is 0.172. The van der Waals surface area contributed by atoms with Gasteiger partial charge in [0, 0.05) is 37.8 Å². The van der Waals surface area contributed by atoms with E-state index in [4.69, 9.17) is 4.74 Å². The van der Waals surface area contributed by atoms with E-state index >= 15 is 0 Å². The molecule has 0 aromatic heterocycles. The first-order valence-electron chi connectivity index (χ1n) is 9.91. The number of para-hydroxylation sites is 1. The minimum Gasteiger partial charge on any atom is -0.496 e. The number of benzene rings is 2. The minimum atomic E-state index is -3.51. The molecule has 0 bridgehead atoms. The highest BCUT2D eigenvalue weighted by Crippen LogP contribution is 2.22. The van der Waals surface area contributed by atoms with Crippen molar-refractivity contribution in [3.63, 3.8) is 0 Å². The van der Waals surface area contributed by atoms with Crippen molar-refractivity contribution in [1.29, 1.82) is 0 Å². The molecule has 0 radical (unpaired) electrons. The van der Waals surface area contributed by atoms with Crippen LogP contribution in [0.5, 0.6) is 5.75 Å². The molecule has 156 valence electrons. The van der Waals surface area contributed by atoms with Crippen LogP contribution in [0.15, 0.2) is 53.4 Å². The van der Waals surface area contributed by atoms with E-state index in [9.17, 15) is 13.2 Å². The van der Waals surface area contributed by atoms with E-state index < -0.39 is 10.0 Å². The van der Waals surface area contributed by atoms with Crippen LogP contribution in [0.25, 0.3) is 0 Å². The molecule has 0 spiro atoms. The smallest absolute Gasteiger partial charge is 0.253 e. The third-order valence-electron chi connectivity index (χ3n) is 5.25. The first-order chi connectivity index (χ1) is 13.9. The third kappa shape index (κ3) is 4.97. The molecule has 0 atom stereocenters. The van der Waals surface area contributed by atoms with E-state index in [1.807, 2.05) is 24.3 Å². The van der Waals surface area contributed by atoms with Gasteiger partial charge in [0.05, 0.1) is 12.0 Å². The van der Waals surface area contributed by atoms with Crippen LogP contribution in [-0.4, -0.2) is 50.8 Å². The van der Waals surface area contributed by atoms with Crippen molar-refractivity contribution in [2.24, 2.45) is 0 Å². The lowest BCUT2D eigenvalue weighted by Crippen LogP contribution is -2.32. The van der Waals surface area contributed by atoms with Crippen LogP contribution in [-0.2, 0) is 16.6 Å². The van der Waals surface area contributed by atoms with Gasteiger partial charge in [-0.3, -0.25) is 4.79 Å². The molecule has 0 N–H and O–H groups in total. The fourth-order valence-corrected chi connectivity index (χ4v) is 5.10. The Bertz CT molecular complexity index is 934. The summed E-state index contributed by atoms with van der Waals surface area (Å²) in [7, 11) is -0.194. The Morgan fingerprint density at radius 3 is 2.24 bits per heavy atom. The predicted octanol–water partition coefficient (Wildman–Crippen LogP) is 3.53. The lowest BCUT2D eigenvalue weighted by atomic mass is 10.1. The summed E-state index contributed by atoms with van der Waals surface area (Å²) < 4.78 is 32.7. The number of hydrogen-bond acceptors (Lipinski definition) is 4. The lowest BCUT2D eigenvalue weighted by Gasteiger charge is -2.21. The molecule has 3 rings (SSSR count). The Morgan fingerprint density at radius 2 is 1.62 bits per heavy atom. The van der Waals surface area contributed by atoms with E-state index in [1.54, 1.807) is 35.5 Å². The summed E-state index contributed by atoms with van der Waals surface area (Å²) in [6.45, 7) is 1.52. The predicted molar refractivity (Wildman–Crippen MR) is 112 cm³/mol. The number of carbonyl (C=O) groups excluding carboxylic acids is 1. The zero-order valence-electron chi connectivity index (χ0n) is 17.0. The van der Waals surface area contributed by atoms with Gasteiger partial charge in [0.15, 0.2) is 0 Å². The van der Waals surface area contributed by atoms with Crippen LogP contribution < -0.4 is 4.74 Å². The number of methoxy groups -OCH3 is 1. The van der Waals surface area contributed by atoms with Gasteiger partial charge in [0.1, 0.15) is 5.75 Å². The molecule has 1 saturated heterocycles. The van der Waals surface area contributed by atoms with E-state index in [-0.39, 0.29) is 10.8 Å². The summed E-state index contributed by atoms with van der Waals surface area (Å²) in [5, 5.41) is 0. The van der Waals surface area contributed by atoms with Crippen molar-refractivity contribution in [3.8, 4) is 5.75 Å². The summed E-state index contributed by atoms with van der Waals surface area (Å²) in [5.74, 6) is 0.556. The highest BCUT2D eigenvalue weighted by molar-refractivity contribution is 7.89. The average Bonchev–Trinajstić information content (AvgIpc) is 3.04. The highest BCUT2D eigenvalue weighted by Gasteiger charge is 2.25. The highest BCUT2D eigenvalue weighted by atomic mass is 32.2. The molecule has 1 aliphatic heterocycles. The van der Waals surface area contributed by atoms with E-state index in [2.05, 4.69) is 0 Å². The topological polar surface area (TPSA) is 66.9 Å². The van der Waals surface area contributed by atoms with Crippen molar-refractivity contribution < 1.29 is 17.9 Å². The molecule has 1 amide bonds. The summed E-state index contributed by atoms with van der Waals surface area (Å²) in [6.07, 6.45) is 3.92. The van der Waals surface area contributed by atoms with E-state index in [0.29, 0.717) is 25.2 Å². The Kier molecular flexibility index (Phi) is 6.92. The molecule has 7 heteroatoms. The first-order valence-corrected chi connectivity index (χ1v) is 11.3. The van der Waals surface area contributed by atoms with Gasteiger partial charge in [0.2, 0.25) is 10.0 Å². The van der Waals surface area contributed by atoms with Gasteiger partial charge in [-0.1, -0.05) is 31.0 Å². The van der Waals surface area contributed by atoms with Gasteiger partial charge >= 0.3 is 0 Å².